The highest BCUT2D eigenvalue weighted by molar-refractivity contribution is 6.33. The Hall–Kier alpha value is -2.13. The molecule has 1 saturated heterocycles. The van der Waals surface area contributed by atoms with Crippen LogP contribution in [0, 0.1) is 0 Å². The number of hydrogen-bond donors (Lipinski definition) is 0. The summed E-state index contributed by atoms with van der Waals surface area (Å²) in [6, 6.07) is 28.3. The molecule has 0 spiro atoms. The minimum absolute atomic E-state index is 0.568. The third-order valence-electron chi connectivity index (χ3n) is 5.72. The monoisotopic (exact) mass is 390 g/mol. The fourth-order valence-corrected chi connectivity index (χ4v) is 4.25. The van der Waals surface area contributed by atoms with Crippen LogP contribution in [0.3, 0.4) is 0 Å². The summed E-state index contributed by atoms with van der Waals surface area (Å²) in [5.41, 5.74) is 5.05. The number of hydrogen-bond acceptors (Lipinski definition) is 2. The Balaban J connectivity index is 1.40. The van der Waals surface area contributed by atoms with Gasteiger partial charge in [0.25, 0.3) is 0 Å². The van der Waals surface area contributed by atoms with Gasteiger partial charge in [0.2, 0.25) is 0 Å². The Morgan fingerprint density at radius 3 is 2.29 bits per heavy atom. The molecule has 3 heteroatoms. The zero-order valence-electron chi connectivity index (χ0n) is 16.4. The lowest BCUT2D eigenvalue weighted by Gasteiger charge is -2.39. The molecule has 28 heavy (non-hydrogen) atoms. The average Bonchev–Trinajstić information content (AvgIpc) is 2.72. The molecule has 144 valence electrons. The quantitative estimate of drug-likeness (QED) is 0.578. The Morgan fingerprint density at radius 2 is 1.54 bits per heavy atom. The number of piperazine rings is 1. The van der Waals surface area contributed by atoms with Gasteiger partial charge in [-0.25, -0.2) is 0 Å². The van der Waals surface area contributed by atoms with E-state index in [2.05, 4.69) is 77.5 Å². The summed E-state index contributed by atoms with van der Waals surface area (Å²) in [6.07, 6.45) is 1.11. The number of rotatable bonds is 5. The molecule has 0 radical (unpaired) electrons. The molecule has 0 saturated carbocycles. The SMILES string of the molecule is CN1CCN(Cc2ccc(-c3ccccc3Cl)cc2)C[C@@H]1Cc1ccccc1. The predicted molar refractivity (Wildman–Crippen MR) is 119 cm³/mol. The molecule has 1 aliphatic rings. The van der Waals surface area contributed by atoms with Gasteiger partial charge in [0, 0.05) is 42.8 Å². The first-order chi connectivity index (χ1) is 13.7. The van der Waals surface area contributed by atoms with Crippen LogP contribution in [0.25, 0.3) is 11.1 Å². The van der Waals surface area contributed by atoms with Crippen LogP contribution < -0.4 is 0 Å². The van der Waals surface area contributed by atoms with Gasteiger partial charge in [-0.05, 0) is 36.2 Å². The zero-order valence-corrected chi connectivity index (χ0v) is 17.1. The molecule has 0 aliphatic carbocycles. The Kier molecular flexibility index (Phi) is 6.11. The fourth-order valence-electron chi connectivity index (χ4n) is 4.00. The average molecular weight is 391 g/mol. The van der Waals surface area contributed by atoms with Gasteiger partial charge in [-0.15, -0.1) is 0 Å². The number of benzene rings is 3. The lowest BCUT2D eigenvalue weighted by atomic mass is 10.0. The molecule has 1 heterocycles. The van der Waals surface area contributed by atoms with Crippen LogP contribution in [0.5, 0.6) is 0 Å². The van der Waals surface area contributed by atoms with Crippen LogP contribution >= 0.6 is 11.6 Å². The van der Waals surface area contributed by atoms with Crippen molar-refractivity contribution >= 4 is 11.6 Å². The summed E-state index contributed by atoms with van der Waals surface area (Å²) in [7, 11) is 2.25. The van der Waals surface area contributed by atoms with E-state index < -0.39 is 0 Å². The molecule has 0 N–H and O–H groups in total. The van der Waals surface area contributed by atoms with E-state index in [1.54, 1.807) is 0 Å². The van der Waals surface area contributed by atoms with E-state index in [9.17, 15) is 0 Å². The lowest BCUT2D eigenvalue weighted by Crippen LogP contribution is -2.51. The van der Waals surface area contributed by atoms with Gasteiger partial charge in [0.05, 0.1) is 0 Å². The summed E-state index contributed by atoms with van der Waals surface area (Å²) in [5.74, 6) is 0. The van der Waals surface area contributed by atoms with Crippen molar-refractivity contribution < 1.29 is 0 Å². The van der Waals surface area contributed by atoms with Crippen molar-refractivity contribution in [2.45, 2.75) is 19.0 Å². The van der Waals surface area contributed by atoms with E-state index in [0.717, 1.165) is 43.2 Å². The van der Waals surface area contributed by atoms with Crippen molar-refractivity contribution in [3.63, 3.8) is 0 Å². The number of halogens is 1. The van der Waals surface area contributed by atoms with Crippen LogP contribution in [-0.2, 0) is 13.0 Å². The summed E-state index contributed by atoms with van der Waals surface area (Å²) in [4.78, 5) is 5.09. The molecule has 0 bridgehead atoms. The van der Waals surface area contributed by atoms with Crippen LogP contribution in [-0.4, -0.2) is 42.5 Å². The van der Waals surface area contributed by atoms with Gasteiger partial charge >= 0.3 is 0 Å². The first-order valence-electron chi connectivity index (χ1n) is 9.99. The van der Waals surface area contributed by atoms with E-state index in [4.69, 9.17) is 11.6 Å². The molecule has 1 aliphatic heterocycles. The first kappa shape index (κ1) is 19.2. The van der Waals surface area contributed by atoms with E-state index in [1.165, 1.54) is 16.7 Å². The highest BCUT2D eigenvalue weighted by atomic mass is 35.5. The van der Waals surface area contributed by atoms with E-state index >= 15 is 0 Å². The Labute approximate surface area is 173 Å². The number of likely N-dealkylation sites (N-methyl/N-ethyl adjacent to an activating group) is 1. The molecular formula is C25H27ClN2. The van der Waals surface area contributed by atoms with Crippen LogP contribution in [0.2, 0.25) is 5.02 Å². The van der Waals surface area contributed by atoms with E-state index in [-0.39, 0.29) is 0 Å². The molecule has 2 nitrogen and oxygen atoms in total. The largest absolute Gasteiger partial charge is 0.301 e. The standard InChI is InChI=1S/C25H27ClN2/c1-27-15-16-28(19-23(27)17-20-7-3-2-4-8-20)18-21-11-13-22(14-12-21)24-9-5-6-10-25(24)26/h2-14,23H,15-19H2,1H3/t23-/m0/s1. The smallest absolute Gasteiger partial charge is 0.0484 e. The van der Waals surface area contributed by atoms with E-state index in [0.29, 0.717) is 6.04 Å². The summed E-state index contributed by atoms with van der Waals surface area (Å²) in [5, 5.41) is 0.804. The highest BCUT2D eigenvalue weighted by Crippen LogP contribution is 2.28. The fraction of sp³-hybridized carbons (Fsp3) is 0.280. The van der Waals surface area contributed by atoms with Crippen LogP contribution in [0.15, 0.2) is 78.9 Å². The van der Waals surface area contributed by atoms with E-state index in [1.807, 2.05) is 18.2 Å². The molecular weight excluding hydrogens is 364 g/mol. The molecule has 3 aromatic rings. The first-order valence-corrected chi connectivity index (χ1v) is 10.4. The maximum atomic E-state index is 6.34. The van der Waals surface area contributed by atoms with Crippen molar-refractivity contribution in [1.29, 1.82) is 0 Å². The van der Waals surface area contributed by atoms with Crippen LogP contribution in [0.4, 0.5) is 0 Å². The van der Waals surface area contributed by atoms with Gasteiger partial charge in [0.15, 0.2) is 0 Å². The van der Waals surface area contributed by atoms with Gasteiger partial charge in [-0.1, -0.05) is 84.4 Å². The van der Waals surface area contributed by atoms with Crippen molar-refractivity contribution in [3.05, 3.63) is 95.0 Å². The molecule has 4 rings (SSSR count). The molecule has 0 unspecified atom stereocenters. The normalized spacial score (nSPS) is 18.3. The Bertz CT molecular complexity index is 892. The lowest BCUT2D eigenvalue weighted by molar-refractivity contribution is 0.0905. The highest BCUT2D eigenvalue weighted by Gasteiger charge is 2.24. The molecule has 1 atom stereocenters. The van der Waals surface area contributed by atoms with Crippen molar-refractivity contribution in [2.75, 3.05) is 26.7 Å². The molecule has 1 fully saturated rings. The van der Waals surface area contributed by atoms with Gasteiger partial charge in [-0.2, -0.15) is 0 Å². The topological polar surface area (TPSA) is 6.48 Å². The second-order valence-electron chi connectivity index (χ2n) is 7.74. The van der Waals surface area contributed by atoms with Crippen molar-refractivity contribution in [3.8, 4) is 11.1 Å². The van der Waals surface area contributed by atoms with Gasteiger partial charge in [0.1, 0.15) is 0 Å². The van der Waals surface area contributed by atoms with Crippen LogP contribution in [0.1, 0.15) is 11.1 Å². The van der Waals surface area contributed by atoms with Crippen molar-refractivity contribution in [1.82, 2.24) is 9.80 Å². The van der Waals surface area contributed by atoms with Gasteiger partial charge < -0.3 is 4.90 Å². The molecule has 0 amide bonds. The third kappa shape index (κ3) is 4.64. The second-order valence-corrected chi connectivity index (χ2v) is 8.14. The number of nitrogens with zero attached hydrogens (tertiary/aromatic N) is 2. The minimum Gasteiger partial charge on any atom is -0.301 e. The Morgan fingerprint density at radius 1 is 0.821 bits per heavy atom. The third-order valence-corrected chi connectivity index (χ3v) is 6.05. The maximum Gasteiger partial charge on any atom is 0.0484 e. The summed E-state index contributed by atoms with van der Waals surface area (Å²) in [6.45, 7) is 4.35. The minimum atomic E-state index is 0.568. The maximum absolute atomic E-state index is 6.34. The van der Waals surface area contributed by atoms with Crippen molar-refractivity contribution in [2.24, 2.45) is 0 Å². The second kappa shape index (κ2) is 8.91. The van der Waals surface area contributed by atoms with Gasteiger partial charge in [-0.3, -0.25) is 4.90 Å². The summed E-state index contributed by atoms with van der Waals surface area (Å²) >= 11 is 6.34. The summed E-state index contributed by atoms with van der Waals surface area (Å²) < 4.78 is 0. The molecule has 3 aromatic carbocycles. The molecule has 0 aromatic heterocycles. The zero-order chi connectivity index (χ0) is 19.3. The predicted octanol–water partition coefficient (Wildman–Crippen LogP) is 5.37.